The fraction of sp³-hybridized carbons (Fsp3) is 0.609. The van der Waals surface area contributed by atoms with Crippen molar-refractivity contribution in [1.29, 1.82) is 0 Å². The summed E-state index contributed by atoms with van der Waals surface area (Å²) < 4.78 is 5.31. The zero-order valence-electron chi connectivity index (χ0n) is 18.2. The number of hydrogen-bond acceptors (Lipinski definition) is 5. The number of nitrogens with one attached hydrogen (secondary N) is 2. The molecule has 3 amide bonds. The van der Waals surface area contributed by atoms with Crippen LogP contribution in [0.2, 0.25) is 0 Å². The Morgan fingerprint density at radius 2 is 1.71 bits per heavy atom. The van der Waals surface area contributed by atoms with E-state index in [0.717, 1.165) is 12.8 Å². The molecule has 2 aliphatic rings. The molecular formula is C23H34N4O4. The first-order valence-electron chi connectivity index (χ1n) is 11.3. The van der Waals surface area contributed by atoms with Crippen molar-refractivity contribution in [2.75, 3.05) is 59.0 Å². The highest BCUT2D eigenvalue weighted by atomic mass is 16.5. The second kappa shape index (κ2) is 12.4. The Bertz CT molecular complexity index is 722. The Morgan fingerprint density at radius 1 is 0.968 bits per heavy atom. The minimum absolute atomic E-state index is 0.0189. The maximum absolute atomic E-state index is 12.6. The number of rotatable bonds is 3. The molecular weight excluding hydrogens is 396 g/mol. The van der Waals surface area contributed by atoms with Gasteiger partial charge >= 0.3 is 0 Å². The zero-order valence-corrected chi connectivity index (χ0v) is 18.2. The highest BCUT2D eigenvalue weighted by molar-refractivity contribution is 5.81. The summed E-state index contributed by atoms with van der Waals surface area (Å²) in [6, 6.07) is 10.1. The van der Waals surface area contributed by atoms with Crippen molar-refractivity contribution in [2.45, 2.75) is 31.6 Å². The van der Waals surface area contributed by atoms with E-state index in [1.54, 1.807) is 4.90 Å². The van der Waals surface area contributed by atoms with Gasteiger partial charge in [-0.3, -0.25) is 19.3 Å². The molecule has 0 saturated carbocycles. The van der Waals surface area contributed by atoms with Crippen LogP contribution in [0.15, 0.2) is 30.3 Å². The van der Waals surface area contributed by atoms with E-state index >= 15 is 0 Å². The standard InChI is InChI=1S/C23H34N4O4/c28-21-8-7-20(19-5-2-1-3-6-19)9-11-25-22(29)17-26(12-4-10-24-21)18-23(30)27-13-15-31-16-14-27/h1-3,5-6,20H,4,7-18H2,(H,24,28)(H,25,29). The number of nitrogens with zero attached hydrogens (tertiary/aromatic N) is 2. The third-order valence-electron chi connectivity index (χ3n) is 5.87. The molecule has 0 radical (unpaired) electrons. The third kappa shape index (κ3) is 7.95. The number of hydrogen-bond donors (Lipinski definition) is 2. The van der Waals surface area contributed by atoms with Gasteiger partial charge < -0.3 is 20.3 Å². The molecule has 2 fully saturated rings. The van der Waals surface area contributed by atoms with Gasteiger partial charge in [0, 0.05) is 39.1 Å². The lowest BCUT2D eigenvalue weighted by Crippen LogP contribution is -2.48. The minimum atomic E-state index is -0.0670. The summed E-state index contributed by atoms with van der Waals surface area (Å²) in [5, 5.41) is 5.98. The predicted octanol–water partition coefficient (Wildman–Crippen LogP) is 0.737. The van der Waals surface area contributed by atoms with Crippen LogP contribution in [-0.4, -0.2) is 86.5 Å². The molecule has 1 atom stereocenters. The lowest BCUT2D eigenvalue weighted by atomic mass is 9.91. The number of ether oxygens (including phenoxy) is 1. The third-order valence-corrected chi connectivity index (χ3v) is 5.87. The molecule has 2 aliphatic heterocycles. The van der Waals surface area contributed by atoms with Gasteiger partial charge in [0.15, 0.2) is 0 Å². The first-order valence-corrected chi connectivity index (χ1v) is 11.3. The molecule has 1 aromatic carbocycles. The maximum atomic E-state index is 12.6. The average molecular weight is 431 g/mol. The topological polar surface area (TPSA) is 91.0 Å². The quantitative estimate of drug-likeness (QED) is 0.738. The monoisotopic (exact) mass is 430 g/mol. The Balaban J connectivity index is 1.59. The molecule has 0 bridgehead atoms. The number of carbonyl (C=O) groups is 3. The summed E-state index contributed by atoms with van der Waals surface area (Å²) in [5.74, 6) is 0.222. The minimum Gasteiger partial charge on any atom is -0.378 e. The Kier molecular flexibility index (Phi) is 9.30. The van der Waals surface area contributed by atoms with Gasteiger partial charge in [0.25, 0.3) is 0 Å². The molecule has 3 rings (SSSR count). The molecule has 170 valence electrons. The van der Waals surface area contributed by atoms with Crippen LogP contribution in [0.4, 0.5) is 0 Å². The van der Waals surface area contributed by atoms with Gasteiger partial charge in [0.05, 0.1) is 26.3 Å². The number of morpholine rings is 1. The van der Waals surface area contributed by atoms with Gasteiger partial charge in [0.1, 0.15) is 0 Å². The highest BCUT2D eigenvalue weighted by Crippen LogP contribution is 2.24. The van der Waals surface area contributed by atoms with E-state index in [2.05, 4.69) is 22.8 Å². The molecule has 8 heteroatoms. The van der Waals surface area contributed by atoms with E-state index in [0.29, 0.717) is 58.8 Å². The lowest BCUT2D eigenvalue weighted by molar-refractivity contribution is -0.137. The lowest BCUT2D eigenvalue weighted by Gasteiger charge is -2.30. The summed E-state index contributed by atoms with van der Waals surface area (Å²) in [4.78, 5) is 41.1. The van der Waals surface area contributed by atoms with Gasteiger partial charge in [-0.2, -0.15) is 0 Å². The molecule has 1 unspecified atom stereocenters. The van der Waals surface area contributed by atoms with E-state index in [4.69, 9.17) is 4.74 Å². The van der Waals surface area contributed by atoms with Crippen molar-refractivity contribution < 1.29 is 19.1 Å². The van der Waals surface area contributed by atoms with Gasteiger partial charge in [-0.25, -0.2) is 0 Å². The average Bonchev–Trinajstić information content (AvgIpc) is 2.79. The summed E-state index contributed by atoms with van der Waals surface area (Å²) in [5.41, 5.74) is 1.19. The van der Waals surface area contributed by atoms with Crippen LogP contribution in [0.25, 0.3) is 0 Å². The van der Waals surface area contributed by atoms with Crippen LogP contribution in [0, 0.1) is 0 Å². The largest absolute Gasteiger partial charge is 0.378 e. The van der Waals surface area contributed by atoms with Gasteiger partial charge in [-0.05, 0) is 30.7 Å². The Morgan fingerprint density at radius 3 is 2.48 bits per heavy atom. The van der Waals surface area contributed by atoms with Crippen molar-refractivity contribution in [3.8, 4) is 0 Å². The van der Waals surface area contributed by atoms with Crippen molar-refractivity contribution in [3.05, 3.63) is 35.9 Å². The van der Waals surface area contributed by atoms with Crippen LogP contribution in [0.1, 0.15) is 37.2 Å². The van der Waals surface area contributed by atoms with Gasteiger partial charge in [-0.15, -0.1) is 0 Å². The predicted molar refractivity (Wildman–Crippen MR) is 118 cm³/mol. The SMILES string of the molecule is O=C1CCC(c2ccccc2)CCNC(=O)CN(CC(=O)N2CCOCC2)CCCN1. The van der Waals surface area contributed by atoms with Crippen LogP contribution < -0.4 is 10.6 Å². The number of amides is 3. The molecule has 2 saturated heterocycles. The van der Waals surface area contributed by atoms with Crippen LogP contribution in [0.5, 0.6) is 0 Å². The highest BCUT2D eigenvalue weighted by Gasteiger charge is 2.22. The van der Waals surface area contributed by atoms with E-state index in [1.165, 1.54) is 5.56 Å². The van der Waals surface area contributed by atoms with E-state index in [9.17, 15) is 14.4 Å². The van der Waals surface area contributed by atoms with Crippen LogP contribution in [-0.2, 0) is 19.1 Å². The second-order valence-corrected chi connectivity index (χ2v) is 8.19. The van der Waals surface area contributed by atoms with Crippen molar-refractivity contribution in [1.82, 2.24) is 20.4 Å². The molecule has 8 nitrogen and oxygen atoms in total. The smallest absolute Gasteiger partial charge is 0.236 e. The molecule has 0 aliphatic carbocycles. The fourth-order valence-corrected chi connectivity index (χ4v) is 4.09. The number of carbonyl (C=O) groups excluding carboxylic acids is 3. The van der Waals surface area contributed by atoms with Gasteiger partial charge in [0.2, 0.25) is 17.7 Å². The van der Waals surface area contributed by atoms with E-state index < -0.39 is 0 Å². The fourth-order valence-electron chi connectivity index (χ4n) is 4.09. The van der Waals surface area contributed by atoms with Crippen LogP contribution >= 0.6 is 0 Å². The van der Waals surface area contributed by atoms with E-state index in [-0.39, 0.29) is 36.7 Å². The maximum Gasteiger partial charge on any atom is 0.236 e. The first-order chi connectivity index (χ1) is 15.1. The van der Waals surface area contributed by atoms with Gasteiger partial charge in [-0.1, -0.05) is 30.3 Å². The molecule has 2 heterocycles. The Hall–Kier alpha value is -2.45. The zero-order chi connectivity index (χ0) is 21.9. The first kappa shape index (κ1) is 23.2. The summed E-state index contributed by atoms with van der Waals surface area (Å²) in [6.45, 7) is 4.35. The summed E-state index contributed by atoms with van der Waals surface area (Å²) in [6.07, 6.45) is 2.69. The second-order valence-electron chi connectivity index (χ2n) is 8.19. The van der Waals surface area contributed by atoms with Crippen molar-refractivity contribution in [3.63, 3.8) is 0 Å². The normalized spacial score (nSPS) is 22.8. The molecule has 0 spiro atoms. The molecule has 1 aromatic rings. The van der Waals surface area contributed by atoms with Crippen molar-refractivity contribution >= 4 is 17.7 Å². The molecule has 0 aromatic heterocycles. The van der Waals surface area contributed by atoms with E-state index in [1.807, 2.05) is 23.1 Å². The molecule has 2 N–H and O–H groups in total. The summed E-state index contributed by atoms with van der Waals surface area (Å²) in [7, 11) is 0. The van der Waals surface area contributed by atoms with Crippen LogP contribution in [0.3, 0.4) is 0 Å². The van der Waals surface area contributed by atoms with Crippen molar-refractivity contribution in [2.24, 2.45) is 0 Å². The molecule has 31 heavy (non-hydrogen) atoms. The number of benzene rings is 1. The Labute approximate surface area is 184 Å². The summed E-state index contributed by atoms with van der Waals surface area (Å²) >= 11 is 0.